The standard InChI is InChI=1S/C27H39N7O3/c1-30-25-21(3-2-4-22(25)34(27(30)37)23-5-6-24(35)29-26(23)36)33-9-7-18(8-10-33)17-31-11-13-32(14-12-31)20-15-19(28)16-20/h2-4,18-20,23H,5-17,28H2,1H3,(H,29,35,36). The maximum atomic E-state index is 13.3. The van der Waals surface area contributed by atoms with Crippen LogP contribution in [-0.2, 0) is 16.6 Å². The van der Waals surface area contributed by atoms with Crippen LogP contribution in [0.5, 0.6) is 0 Å². The first-order valence-electron chi connectivity index (χ1n) is 13.9. The van der Waals surface area contributed by atoms with Crippen molar-refractivity contribution in [1.82, 2.24) is 24.3 Å². The molecule has 1 aliphatic carbocycles. The molecule has 1 atom stereocenters. The van der Waals surface area contributed by atoms with Gasteiger partial charge in [0.1, 0.15) is 6.04 Å². The number of nitrogens with zero attached hydrogens (tertiary/aromatic N) is 5. The number of amides is 2. The predicted molar refractivity (Wildman–Crippen MR) is 143 cm³/mol. The third kappa shape index (κ3) is 4.59. The Morgan fingerprint density at radius 1 is 0.973 bits per heavy atom. The summed E-state index contributed by atoms with van der Waals surface area (Å²) in [7, 11) is 1.78. The number of aryl methyl sites for hydroxylation is 1. The van der Waals surface area contributed by atoms with Gasteiger partial charge >= 0.3 is 5.69 Å². The first kappa shape index (κ1) is 24.6. The monoisotopic (exact) mass is 509 g/mol. The number of hydrogen-bond donors (Lipinski definition) is 2. The lowest BCUT2D eigenvalue weighted by Gasteiger charge is -2.46. The quantitative estimate of drug-likeness (QED) is 0.570. The van der Waals surface area contributed by atoms with Gasteiger partial charge in [-0.05, 0) is 50.2 Å². The van der Waals surface area contributed by atoms with E-state index in [0.29, 0.717) is 24.4 Å². The van der Waals surface area contributed by atoms with Gasteiger partial charge in [-0.15, -0.1) is 0 Å². The second-order valence-corrected chi connectivity index (χ2v) is 11.5. The zero-order valence-electron chi connectivity index (χ0n) is 21.8. The molecule has 2 amide bonds. The largest absolute Gasteiger partial charge is 0.370 e. The van der Waals surface area contributed by atoms with Crippen LogP contribution in [0.1, 0.15) is 44.6 Å². The van der Waals surface area contributed by atoms with Crippen LogP contribution in [0.25, 0.3) is 11.0 Å². The summed E-state index contributed by atoms with van der Waals surface area (Å²) in [5.41, 5.74) is 8.44. The van der Waals surface area contributed by atoms with Gasteiger partial charge in [0.25, 0.3) is 0 Å². The van der Waals surface area contributed by atoms with E-state index in [-0.39, 0.29) is 18.0 Å². The molecule has 0 radical (unpaired) electrons. The number of imidazole rings is 1. The average Bonchev–Trinajstić information content (AvgIpc) is 3.13. The number of carbonyl (C=O) groups is 2. The van der Waals surface area contributed by atoms with E-state index in [9.17, 15) is 14.4 Å². The number of rotatable bonds is 5. The fraction of sp³-hybridized carbons (Fsp3) is 0.667. The number of hydrogen-bond acceptors (Lipinski definition) is 7. The second kappa shape index (κ2) is 9.89. The van der Waals surface area contributed by atoms with Gasteiger partial charge in [-0.25, -0.2) is 4.79 Å². The third-order valence-corrected chi connectivity index (χ3v) is 9.15. The summed E-state index contributed by atoms with van der Waals surface area (Å²) in [5, 5.41) is 2.39. The zero-order chi connectivity index (χ0) is 25.7. The predicted octanol–water partition coefficient (Wildman–Crippen LogP) is 0.641. The van der Waals surface area contributed by atoms with Crippen LogP contribution in [-0.4, -0.2) is 88.6 Å². The number of nitrogens with one attached hydrogen (secondary N) is 1. The molecule has 1 unspecified atom stereocenters. The molecular weight excluding hydrogens is 470 g/mol. The molecule has 1 saturated carbocycles. The number of fused-ring (bicyclic) bond motifs is 1. The number of imide groups is 1. The highest BCUT2D eigenvalue weighted by Gasteiger charge is 2.34. The number of benzene rings is 1. The molecule has 3 N–H and O–H groups in total. The molecule has 4 heterocycles. The molecule has 1 aromatic carbocycles. The van der Waals surface area contributed by atoms with E-state index in [1.807, 2.05) is 12.1 Å². The number of carbonyl (C=O) groups excluding carboxylic acids is 2. The number of para-hydroxylation sites is 1. The number of nitrogens with two attached hydrogens (primary N) is 1. The molecule has 1 aromatic heterocycles. The summed E-state index contributed by atoms with van der Waals surface area (Å²) in [6.07, 6.45) is 5.19. The van der Waals surface area contributed by atoms with Crippen molar-refractivity contribution in [1.29, 1.82) is 0 Å². The fourth-order valence-corrected chi connectivity index (χ4v) is 6.86. The van der Waals surface area contributed by atoms with Crippen molar-refractivity contribution in [3.63, 3.8) is 0 Å². The van der Waals surface area contributed by atoms with E-state index in [4.69, 9.17) is 5.73 Å². The van der Waals surface area contributed by atoms with Gasteiger partial charge in [0.15, 0.2) is 0 Å². The van der Waals surface area contributed by atoms with Crippen LogP contribution in [0.2, 0.25) is 0 Å². The van der Waals surface area contributed by atoms with Crippen molar-refractivity contribution in [2.75, 3.05) is 50.7 Å². The Balaban J connectivity index is 1.11. The van der Waals surface area contributed by atoms with E-state index in [0.717, 1.165) is 81.7 Å². The van der Waals surface area contributed by atoms with Crippen LogP contribution in [0.3, 0.4) is 0 Å². The summed E-state index contributed by atoms with van der Waals surface area (Å²) in [5.74, 6) is 0.0215. The van der Waals surface area contributed by atoms with Crippen molar-refractivity contribution in [2.24, 2.45) is 18.7 Å². The number of anilines is 1. The Morgan fingerprint density at radius 2 is 1.70 bits per heavy atom. The summed E-state index contributed by atoms with van der Waals surface area (Å²) in [6, 6.07) is 6.44. The maximum Gasteiger partial charge on any atom is 0.329 e. The van der Waals surface area contributed by atoms with Gasteiger partial charge in [0, 0.05) is 71.4 Å². The lowest BCUT2D eigenvalue weighted by molar-refractivity contribution is -0.135. The van der Waals surface area contributed by atoms with Crippen molar-refractivity contribution in [2.45, 2.75) is 56.7 Å². The van der Waals surface area contributed by atoms with Crippen molar-refractivity contribution >= 4 is 28.5 Å². The molecule has 200 valence electrons. The molecule has 10 heteroatoms. The molecule has 3 saturated heterocycles. The third-order valence-electron chi connectivity index (χ3n) is 9.15. The van der Waals surface area contributed by atoms with Crippen LogP contribution in [0.15, 0.2) is 23.0 Å². The normalized spacial score (nSPS) is 28.5. The van der Waals surface area contributed by atoms with E-state index in [1.54, 1.807) is 16.2 Å². The van der Waals surface area contributed by atoms with Crippen LogP contribution in [0, 0.1) is 5.92 Å². The SMILES string of the molecule is Cn1c(=O)n(C2CCC(=O)NC2=O)c2cccc(N3CCC(CN4CCN(C5CC(N)C5)CC4)CC3)c21. The van der Waals surface area contributed by atoms with Gasteiger partial charge in [-0.3, -0.25) is 28.9 Å². The molecule has 2 aromatic rings. The van der Waals surface area contributed by atoms with Crippen LogP contribution in [0.4, 0.5) is 5.69 Å². The Bertz CT molecular complexity index is 1230. The highest BCUT2D eigenvalue weighted by atomic mass is 16.2. The lowest BCUT2D eigenvalue weighted by Crippen LogP contribution is -2.57. The minimum atomic E-state index is -0.656. The molecule has 37 heavy (non-hydrogen) atoms. The summed E-state index contributed by atoms with van der Waals surface area (Å²) in [4.78, 5) is 45.1. The Morgan fingerprint density at radius 3 is 2.38 bits per heavy atom. The van der Waals surface area contributed by atoms with E-state index in [1.165, 1.54) is 6.54 Å². The Kier molecular flexibility index (Phi) is 6.58. The van der Waals surface area contributed by atoms with Gasteiger partial charge in [-0.2, -0.15) is 0 Å². The molecule has 0 spiro atoms. The Labute approximate surface area is 217 Å². The molecular formula is C27H39N7O3. The topological polar surface area (TPSA) is 109 Å². The fourth-order valence-electron chi connectivity index (χ4n) is 6.86. The molecule has 0 bridgehead atoms. The summed E-state index contributed by atoms with van der Waals surface area (Å²) >= 11 is 0. The van der Waals surface area contributed by atoms with E-state index in [2.05, 4.69) is 26.1 Å². The van der Waals surface area contributed by atoms with Crippen LogP contribution < -0.4 is 21.6 Å². The molecule has 3 aliphatic heterocycles. The lowest BCUT2D eigenvalue weighted by atomic mass is 9.86. The maximum absolute atomic E-state index is 13.3. The Hall–Kier alpha value is -2.69. The van der Waals surface area contributed by atoms with Gasteiger partial charge in [-0.1, -0.05) is 6.07 Å². The van der Waals surface area contributed by atoms with Gasteiger partial charge in [0.2, 0.25) is 11.8 Å². The molecule has 6 rings (SSSR count). The molecule has 4 aliphatic rings. The molecule has 4 fully saturated rings. The van der Waals surface area contributed by atoms with Gasteiger partial charge in [0.05, 0.1) is 16.7 Å². The van der Waals surface area contributed by atoms with Gasteiger partial charge < -0.3 is 15.5 Å². The second-order valence-electron chi connectivity index (χ2n) is 11.5. The minimum absolute atomic E-state index is 0.213. The number of aromatic nitrogens is 2. The average molecular weight is 510 g/mol. The highest BCUT2D eigenvalue weighted by Crippen LogP contribution is 2.32. The first-order chi connectivity index (χ1) is 17.9. The number of piperidine rings is 2. The van der Waals surface area contributed by atoms with E-state index >= 15 is 0 Å². The van der Waals surface area contributed by atoms with Crippen LogP contribution >= 0.6 is 0 Å². The summed E-state index contributed by atoms with van der Waals surface area (Å²) < 4.78 is 3.24. The first-order valence-corrected chi connectivity index (χ1v) is 13.9. The zero-order valence-corrected chi connectivity index (χ0v) is 21.8. The smallest absolute Gasteiger partial charge is 0.329 e. The van der Waals surface area contributed by atoms with Crippen molar-refractivity contribution < 1.29 is 9.59 Å². The van der Waals surface area contributed by atoms with E-state index < -0.39 is 11.9 Å². The highest BCUT2D eigenvalue weighted by molar-refractivity contribution is 6.00. The summed E-state index contributed by atoms with van der Waals surface area (Å²) in [6.45, 7) is 7.72. The molecule has 10 nitrogen and oxygen atoms in total. The minimum Gasteiger partial charge on any atom is -0.370 e. The van der Waals surface area contributed by atoms with Crippen molar-refractivity contribution in [3.05, 3.63) is 28.7 Å². The number of piperazine rings is 1. The van der Waals surface area contributed by atoms with Crippen molar-refractivity contribution in [3.8, 4) is 0 Å².